The molecule has 0 aliphatic carbocycles. The molecule has 0 amide bonds. The molecule has 2 rings (SSSR count). The third-order valence-electron chi connectivity index (χ3n) is 2.57. The molecule has 4 heteroatoms. The van der Waals surface area contributed by atoms with Crippen LogP contribution in [0.25, 0.3) is 5.82 Å². The van der Waals surface area contributed by atoms with Crippen LogP contribution in [0.4, 0.5) is 0 Å². The molecule has 0 bridgehead atoms. The molecule has 0 aliphatic rings. The van der Waals surface area contributed by atoms with Crippen LogP contribution in [0.2, 0.25) is 0 Å². The zero-order valence-corrected chi connectivity index (χ0v) is 13.1. The number of aromatic nitrogens is 2. The third kappa shape index (κ3) is 2.05. The smallest absolute Gasteiger partial charge is 0.138 e. The van der Waals surface area contributed by atoms with Crippen LogP contribution >= 0.6 is 38.5 Å². The Morgan fingerprint density at radius 3 is 2.25 bits per heavy atom. The number of aryl methyl sites for hydroxylation is 3. The van der Waals surface area contributed by atoms with Crippen molar-refractivity contribution in [3.8, 4) is 5.82 Å². The first-order chi connectivity index (χ1) is 7.50. The van der Waals surface area contributed by atoms with Crippen LogP contribution in [0.3, 0.4) is 0 Å². The molecule has 0 atom stereocenters. The number of hydrogen-bond acceptors (Lipinski definition) is 1. The van der Waals surface area contributed by atoms with E-state index in [1.165, 1.54) is 15.0 Å². The topological polar surface area (TPSA) is 17.8 Å². The second-order valence-electron chi connectivity index (χ2n) is 3.81. The predicted molar refractivity (Wildman–Crippen MR) is 78.2 cm³/mol. The van der Waals surface area contributed by atoms with E-state index >= 15 is 0 Å². The monoisotopic (exact) mass is 390 g/mol. The lowest BCUT2D eigenvalue weighted by Gasteiger charge is -2.11. The lowest BCUT2D eigenvalue weighted by molar-refractivity contribution is 0.907. The van der Waals surface area contributed by atoms with Crippen molar-refractivity contribution in [2.45, 2.75) is 20.8 Å². The molecule has 2 nitrogen and oxygen atoms in total. The van der Waals surface area contributed by atoms with E-state index in [1.807, 2.05) is 6.92 Å². The standard InChI is InChI=1S/C12H12BrIN2/c1-7-4-5-8(2)16(7)11-6-10(14)12(13)9(3)15-11/h4-6H,1-3H3. The molecule has 0 aliphatic heterocycles. The number of hydrogen-bond donors (Lipinski definition) is 0. The van der Waals surface area contributed by atoms with Gasteiger partial charge in [-0.3, -0.25) is 0 Å². The maximum absolute atomic E-state index is 4.61. The van der Waals surface area contributed by atoms with Crippen molar-refractivity contribution < 1.29 is 0 Å². The van der Waals surface area contributed by atoms with Crippen molar-refractivity contribution in [3.63, 3.8) is 0 Å². The quantitative estimate of drug-likeness (QED) is 0.668. The molecule has 0 aromatic carbocycles. The van der Waals surface area contributed by atoms with E-state index < -0.39 is 0 Å². The van der Waals surface area contributed by atoms with Gasteiger partial charge in [-0.2, -0.15) is 0 Å². The molecule has 84 valence electrons. The summed E-state index contributed by atoms with van der Waals surface area (Å²) in [4.78, 5) is 4.61. The van der Waals surface area contributed by atoms with Crippen LogP contribution in [0, 0.1) is 24.3 Å². The molecule has 2 heterocycles. The van der Waals surface area contributed by atoms with Crippen LogP contribution in [-0.4, -0.2) is 9.55 Å². The summed E-state index contributed by atoms with van der Waals surface area (Å²) >= 11 is 5.86. The first-order valence-electron chi connectivity index (χ1n) is 4.98. The second-order valence-corrected chi connectivity index (χ2v) is 5.77. The number of rotatable bonds is 1. The minimum absolute atomic E-state index is 0.991. The molecule has 0 saturated heterocycles. The molecule has 0 saturated carbocycles. The first kappa shape index (κ1) is 12.1. The molecule has 16 heavy (non-hydrogen) atoms. The Labute approximate surface area is 117 Å². The van der Waals surface area contributed by atoms with E-state index in [0.717, 1.165) is 16.0 Å². The van der Waals surface area contributed by atoms with Gasteiger partial charge in [-0.15, -0.1) is 0 Å². The Morgan fingerprint density at radius 1 is 1.19 bits per heavy atom. The molecule has 0 N–H and O–H groups in total. The van der Waals surface area contributed by atoms with Crippen molar-refractivity contribution in [2.75, 3.05) is 0 Å². The van der Waals surface area contributed by atoms with Crippen LogP contribution in [-0.2, 0) is 0 Å². The van der Waals surface area contributed by atoms with Gasteiger partial charge in [0, 0.05) is 15.0 Å². The minimum Gasteiger partial charge on any atom is -0.303 e. The average molecular weight is 391 g/mol. The SMILES string of the molecule is Cc1nc(-n2c(C)ccc2C)cc(I)c1Br. The van der Waals surface area contributed by atoms with Crippen molar-refractivity contribution in [2.24, 2.45) is 0 Å². The molecular weight excluding hydrogens is 379 g/mol. The molecule has 0 spiro atoms. The molecule has 2 aromatic heterocycles. The summed E-state index contributed by atoms with van der Waals surface area (Å²) in [7, 11) is 0. The Bertz CT molecular complexity index is 503. The van der Waals surface area contributed by atoms with Gasteiger partial charge in [0.15, 0.2) is 0 Å². The second kappa shape index (κ2) is 4.49. The normalized spacial score (nSPS) is 10.8. The highest BCUT2D eigenvalue weighted by atomic mass is 127. The summed E-state index contributed by atoms with van der Waals surface area (Å²) in [5, 5.41) is 0. The number of nitrogens with zero attached hydrogens (tertiary/aromatic N) is 2. The fourth-order valence-corrected chi connectivity index (χ4v) is 2.62. The molecule has 0 fully saturated rings. The number of halogens is 2. The zero-order chi connectivity index (χ0) is 11.9. The fraction of sp³-hybridized carbons (Fsp3) is 0.250. The molecule has 0 unspecified atom stereocenters. The summed E-state index contributed by atoms with van der Waals surface area (Å²) in [6.45, 7) is 6.21. The molecule has 0 radical (unpaired) electrons. The van der Waals surface area contributed by atoms with Gasteiger partial charge in [-0.1, -0.05) is 0 Å². The summed E-state index contributed by atoms with van der Waals surface area (Å²) in [6.07, 6.45) is 0. The van der Waals surface area contributed by atoms with Gasteiger partial charge in [-0.05, 0) is 77.5 Å². The van der Waals surface area contributed by atoms with E-state index in [0.29, 0.717) is 0 Å². The van der Waals surface area contributed by atoms with E-state index in [-0.39, 0.29) is 0 Å². The van der Waals surface area contributed by atoms with Crippen LogP contribution in [0.15, 0.2) is 22.7 Å². The predicted octanol–water partition coefficient (Wildman–Crippen LogP) is 4.16. The molecule has 2 aromatic rings. The Balaban J connectivity index is 2.66. The lowest BCUT2D eigenvalue weighted by atomic mass is 10.3. The highest BCUT2D eigenvalue weighted by molar-refractivity contribution is 14.1. The van der Waals surface area contributed by atoms with Gasteiger partial charge < -0.3 is 4.57 Å². The van der Waals surface area contributed by atoms with Gasteiger partial charge in [0.2, 0.25) is 0 Å². The van der Waals surface area contributed by atoms with E-state index in [1.54, 1.807) is 0 Å². The van der Waals surface area contributed by atoms with Crippen molar-refractivity contribution in [1.29, 1.82) is 0 Å². The van der Waals surface area contributed by atoms with Gasteiger partial charge >= 0.3 is 0 Å². The Hall–Kier alpha value is -0.360. The summed E-state index contributed by atoms with van der Waals surface area (Å²) in [5.74, 6) is 0.991. The van der Waals surface area contributed by atoms with Gasteiger partial charge in [0.25, 0.3) is 0 Å². The van der Waals surface area contributed by atoms with Crippen molar-refractivity contribution in [1.82, 2.24) is 9.55 Å². The summed E-state index contributed by atoms with van der Waals surface area (Å²) in [6, 6.07) is 6.32. The molecular formula is C12H12BrIN2. The maximum Gasteiger partial charge on any atom is 0.138 e. The van der Waals surface area contributed by atoms with E-state index in [2.05, 4.69) is 80.1 Å². The average Bonchev–Trinajstić information content (AvgIpc) is 2.54. The third-order valence-corrected chi connectivity index (χ3v) is 5.16. The van der Waals surface area contributed by atoms with Crippen molar-refractivity contribution >= 4 is 38.5 Å². The highest BCUT2D eigenvalue weighted by Gasteiger charge is 2.09. The first-order valence-corrected chi connectivity index (χ1v) is 6.86. The fourth-order valence-electron chi connectivity index (χ4n) is 1.75. The Kier molecular flexibility index (Phi) is 3.39. The van der Waals surface area contributed by atoms with Gasteiger partial charge in [-0.25, -0.2) is 4.98 Å². The largest absolute Gasteiger partial charge is 0.303 e. The van der Waals surface area contributed by atoms with Crippen LogP contribution < -0.4 is 0 Å². The van der Waals surface area contributed by atoms with Crippen LogP contribution in [0.5, 0.6) is 0 Å². The number of pyridine rings is 1. The highest BCUT2D eigenvalue weighted by Crippen LogP contribution is 2.25. The lowest BCUT2D eigenvalue weighted by Crippen LogP contribution is -2.03. The van der Waals surface area contributed by atoms with Gasteiger partial charge in [0.1, 0.15) is 5.82 Å². The van der Waals surface area contributed by atoms with Crippen LogP contribution in [0.1, 0.15) is 17.1 Å². The zero-order valence-electron chi connectivity index (χ0n) is 9.38. The van der Waals surface area contributed by atoms with Gasteiger partial charge in [0.05, 0.1) is 10.2 Å². The minimum atomic E-state index is 0.991. The van der Waals surface area contributed by atoms with E-state index in [4.69, 9.17) is 0 Å². The maximum atomic E-state index is 4.61. The van der Waals surface area contributed by atoms with Crippen molar-refractivity contribution in [3.05, 3.63) is 43.3 Å². The van der Waals surface area contributed by atoms with E-state index in [9.17, 15) is 0 Å². The summed E-state index contributed by atoms with van der Waals surface area (Å²) in [5.41, 5.74) is 3.44. The summed E-state index contributed by atoms with van der Waals surface area (Å²) < 4.78 is 4.44. The Morgan fingerprint density at radius 2 is 1.75 bits per heavy atom.